The zero-order valence-electron chi connectivity index (χ0n) is 11.0. The molecule has 104 valence electrons. The number of rotatable bonds is 8. The van der Waals surface area contributed by atoms with Crippen LogP contribution in [0.4, 0.5) is 0 Å². The predicted octanol–water partition coefficient (Wildman–Crippen LogP) is 1.56. The van der Waals surface area contributed by atoms with Crippen molar-refractivity contribution in [2.75, 3.05) is 20.3 Å². The molecule has 0 spiro atoms. The molecule has 0 atom stereocenters. The Morgan fingerprint density at radius 2 is 1.94 bits per heavy atom. The van der Waals surface area contributed by atoms with Gasteiger partial charge in [-0.2, -0.15) is 0 Å². The second-order valence-electron chi connectivity index (χ2n) is 5.15. The molecular weight excluding hydrogens is 234 g/mol. The Hall–Kier alpha value is -1.10. The van der Waals surface area contributed by atoms with Gasteiger partial charge in [0.15, 0.2) is 0 Å². The average Bonchev–Trinajstić information content (AvgIpc) is 2.71. The second-order valence-corrected chi connectivity index (χ2v) is 5.15. The van der Waals surface area contributed by atoms with Gasteiger partial charge in [-0.3, -0.25) is 9.59 Å². The van der Waals surface area contributed by atoms with Crippen LogP contribution in [-0.4, -0.2) is 37.2 Å². The Labute approximate surface area is 108 Å². The van der Waals surface area contributed by atoms with Crippen LogP contribution in [0.5, 0.6) is 0 Å². The van der Waals surface area contributed by atoms with Crippen molar-refractivity contribution in [3.63, 3.8) is 0 Å². The molecule has 1 amide bonds. The lowest BCUT2D eigenvalue weighted by atomic mass is 9.79. The van der Waals surface area contributed by atoms with Gasteiger partial charge in [-0.15, -0.1) is 0 Å². The van der Waals surface area contributed by atoms with Crippen molar-refractivity contribution < 1.29 is 19.4 Å². The van der Waals surface area contributed by atoms with Crippen LogP contribution in [0.1, 0.15) is 44.9 Å². The van der Waals surface area contributed by atoms with Crippen LogP contribution in [0, 0.1) is 5.41 Å². The van der Waals surface area contributed by atoms with E-state index in [1.165, 1.54) is 0 Å². The van der Waals surface area contributed by atoms with E-state index in [4.69, 9.17) is 9.84 Å². The normalized spacial score (nSPS) is 17.6. The lowest BCUT2D eigenvalue weighted by molar-refractivity contribution is -0.140. The number of hydrogen-bond donors (Lipinski definition) is 2. The average molecular weight is 257 g/mol. The van der Waals surface area contributed by atoms with Gasteiger partial charge >= 0.3 is 5.97 Å². The third-order valence-electron chi connectivity index (χ3n) is 3.57. The Morgan fingerprint density at radius 3 is 2.50 bits per heavy atom. The summed E-state index contributed by atoms with van der Waals surface area (Å²) in [5.74, 6) is -0.835. The van der Waals surface area contributed by atoms with Gasteiger partial charge in [0.25, 0.3) is 0 Å². The lowest BCUT2D eigenvalue weighted by Gasteiger charge is -2.26. The zero-order valence-corrected chi connectivity index (χ0v) is 11.0. The molecule has 0 radical (unpaired) electrons. The minimum Gasteiger partial charge on any atom is -0.481 e. The Bertz CT molecular complexity index is 285. The molecule has 0 bridgehead atoms. The number of amides is 1. The zero-order chi connectivity index (χ0) is 13.4. The maximum absolute atomic E-state index is 11.8. The number of carboxylic acids is 1. The molecule has 5 nitrogen and oxygen atoms in total. The van der Waals surface area contributed by atoms with Crippen molar-refractivity contribution in [2.45, 2.75) is 44.9 Å². The monoisotopic (exact) mass is 257 g/mol. The third-order valence-corrected chi connectivity index (χ3v) is 3.57. The summed E-state index contributed by atoms with van der Waals surface area (Å²) in [4.78, 5) is 22.7. The first-order valence-corrected chi connectivity index (χ1v) is 6.55. The van der Waals surface area contributed by atoms with E-state index in [1.807, 2.05) is 0 Å². The first-order valence-electron chi connectivity index (χ1n) is 6.55. The number of carbonyl (C=O) groups is 2. The van der Waals surface area contributed by atoms with Gasteiger partial charge in [0, 0.05) is 26.7 Å². The molecular formula is C13H23NO4. The molecule has 0 heterocycles. The van der Waals surface area contributed by atoms with Crippen molar-refractivity contribution in [2.24, 2.45) is 5.41 Å². The summed E-state index contributed by atoms with van der Waals surface area (Å²) in [5, 5.41) is 11.8. The summed E-state index contributed by atoms with van der Waals surface area (Å²) >= 11 is 0. The van der Waals surface area contributed by atoms with Gasteiger partial charge in [-0.05, 0) is 24.7 Å². The van der Waals surface area contributed by atoms with Crippen LogP contribution in [0.2, 0.25) is 0 Å². The van der Waals surface area contributed by atoms with Crippen LogP contribution in [0.3, 0.4) is 0 Å². The molecule has 5 heteroatoms. The van der Waals surface area contributed by atoms with E-state index in [1.54, 1.807) is 7.11 Å². The van der Waals surface area contributed by atoms with E-state index >= 15 is 0 Å². The van der Waals surface area contributed by atoms with Crippen LogP contribution < -0.4 is 5.32 Å². The van der Waals surface area contributed by atoms with Crippen molar-refractivity contribution in [1.82, 2.24) is 5.32 Å². The van der Waals surface area contributed by atoms with Crippen LogP contribution in [0.15, 0.2) is 0 Å². The first kappa shape index (κ1) is 15.0. The molecule has 1 rings (SSSR count). The third kappa shape index (κ3) is 5.04. The Kier molecular flexibility index (Phi) is 6.12. The van der Waals surface area contributed by atoms with E-state index in [-0.39, 0.29) is 17.7 Å². The number of aliphatic carboxylic acids is 1. The summed E-state index contributed by atoms with van der Waals surface area (Å²) < 4.78 is 4.90. The number of ether oxygens (including phenoxy) is 1. The molecule has 0 saturated heterocycles. The van der Waals surface area contributed by atoms with E-state index in [9.17, 15) is 9.59 Å². The summed E-state index contributed by atoms with van der Waals surface area (Å²) in [6.07, 6.45) is 5.00. The van der Waals surface area contributed by atoms with Gasteiger partial charge in [-0.25, -0.2) is 0 Å². The number of nitrogens with one attached hydrogen (secondary N) is 1. The van der Waals surface area contributed by atoms with Crippen molar-refractivity contribution >= 4 is 11.9 Å². The number of carboxylic acid groups (broad SMARTS) is 1. The number of methoxy groups -OCH3 is 1. The number of carbonyl (C=O) groups excluding carboxylic acids is 1. The molecule has 18 heavy (non-hydrogen) atoms. The lowest BCUT2D eigenvalue weighted by Crippen LogP contribution is -2.32. The fourth-order valence-electron chi connectivity index (χ4n) is 2.71. The highest BCUT2D eigenvalue weighted by atomic mass is 16.5. The molecule has 1 aliphatic carbocycles. The van der Waals surface area contributed by atoms with Crippen LogP contribution in [0.25, 0.3) is 0 Å². The first-order chi connectivity index (χ1) is 8.58. The molecule has 0 aromatic heterocycles. The summed E-state index contributed by atoms with van der Waals surface area (Å²) in [7, 11) is 1.63. The Balaban J connectivity index is 2.36. The van der Waals surface area contributed by atoms with Crippen LogP contribution >= 0.6 is 0 Å². The minimum absolute atomic E-state index is 0.0331. The maximum Gasteiger partial charge on any atom is 0.303 e. The minimum atomic E-state index is -0.802. The van der Waals surface area contributed by atoms with Crippen LogP contribution in [-0.2, 0) is 14.3 Å². The summed E-state index contributed by atoms with van der Waals surface area (Å²) in [6.45, 7) is 1.22. The molecule has 0 aliphatic heterocycles. The predicted molar refractivity (Wildman–Crippen MR) is 67.3 cm³/mol. The molecule has 2 N–H and O–H groups in total. The van der Waals surface area contributed by atoms with E-state index < -0.39 is 5.97 Å². The van der Waals surface area contributed by atoms with Crippen molar-refractivity contribution in [3.8, 4) is 0 Å². The highest BCUT2D eigenvalue weighted by Gasteiger charge is 2.37. The van der Waals surface area contributed by atoms with Gasteiger partial charge in [0.1, 0.15) is 0 Å². The Morgan fingerprint density at radius 1 is 1.28 bits per heavy atom. The van der Waals surface area contributed by atoms with Gasteiger partial charge in [-0.1, -0.05) is 12.8 Å². The molecule has 1 aliphatic rings. The van der Waals surface area contributed by atoms with Gasteiger partial charge < -0.3 is 15.2 Å². The molecule has 0 aromatic carbocycles. The summed E-state index contributed by atoms with van der Waals surface area (Å²) in [5.41, 5.74) is -0.308. The number of hydrogen-bond acceptors (Lipinski definition) is 3. The maximum atomic E-state index is 11.8. The molecule has 0 aromatic rings. The largest absolute Gasteiger partial charge is 0.481 e. The molecule has 1 saturated carbocycles. The van der Waals surface area contributed by atoms with E-state index in [2.05, 4.69) is 5.32 Å². The van der Waals surface area contributed by atoms with Crippen molar-refractivity contribution in [1.29, 1.82) is 0 Å². The fourth-order valence-corrected chi connectivity index (χ4v) is 2.71. The van der Waals surface area contributed by atoms with E-state index in [0.29, 0.717) is 19.6 Å². The highest BCUT2D eigenvalue weighted by molar-refractivity contribution is 5.78. The second kappa shape index (κ2) is 7.36. The summed E-state index contributed by atoms with van der Waals surface area (Å²) in [6, 6.07) is 0. The smallest absolute Gasteiger partial charge is 0.303 e. The topological polar surface area (TPSA) is 75.6 Å². The SMILES string of the molecule is COCCCNC(=O)CC1(CC(=O)O)CCCC1. The van der Waals surface area contributed by atoms with Crippen molar-refractivity contribution in [3.05, 3.63) is 0 Å². The fraction of sp³-hybridized carbons (Fsp3) is 0.846. The van der Waals surface area contributed by atoms with Gasteiger partial charge in [0.2, 0.25) is 5.91 Å². The van der Waals surface area contributed by atoms with Gasteiger partial charge in [0.05, 0.1) is 6.42 Å². The quantitative estimate of drug-likeness (QED) is 0.647. The molecule has 0 unspecified atom stereocenters. The highest BCUT2D eigenvalue weighted by Crippen LogP contribution is 2.43. The van der Waals surface area contributed by atoms with E-state index in [0.717, 1.165) is 32.1 Å². The standard InChI is InChI=1S/C13H23NO4/c1-18-8-4-7-14-11(15)9-13(10-12(16)17)5-2-3-6-13/h2-10H2,1H3,(H,14,15)(H,16,17). The molecule has 1 fully saturated rings.